The third kappa shape index (κ3) is 2.82. The van der Waals surface area contributed by atoms with E-state index < -0.39 is 0 Å². The Kier molecular flexibility index (Phi) is 4.55. The molecule has 0 aliphatic heterocycles. The number of furan rings is 1. The van der Waals surface area contributed by atoms with Crippen molar-refractivity contribution in [2.24, 2.45) is 0 Å². The smallest absolute Gasteiger partial charge is 0.139 e. The van der Waals surface area contributed by atoms with Crippen molar-refractivity contribution >= 4 is 15.9 Å². The first kappa shape index (κ1) is 13.3. The fourth-order valence-electron chi connectivity index (χ4n) is 1.95. The zero-order chi connectivity index (χ0) is 13.0. The van der Waals surface area contributed by atoms with E-state index in [2.05, 4.69) is 40.1 Å². The van der Waals surface area contributed by atoms with E-state index in [1.807, 2.05) is 24.5 Å². The van der Waals surface area contributed by atoms with E-state index in [-0.39, 0.29) is 6.04 Å². The van der Waals surface area contributed by atoms with Gasteiger partial charge in [0.1, 0.15) is 5.76 Å². The number of halogens is 1. The second-order valence-corrected chi connectivity index (χ2v) is 5.11. The molecule has 4 heteroatoms. The van der Waals surface area contributed by atoms with E-state index in [9.17, 15) is 0 Å². The first-order valence-electron chi connectivity index (χ1n) is 6.10. The molecule has 1 N–H and O–H groups in total. The molecule has 96 valence electrons. The topological polar surface area (TPSA) is 38.1 Å². The maximum Gasteiger partial charge on any atom is 0.139 e. The molecule has 0 radical (unpaired) electrons. The van der Waals surface area contributed by atoms with Crippen LogP contribution in [0.25, 0.3) is 0 Å². The lowest BCUT2D eigenvalue weighted by molar-refractivity contribution is 0.443. The van der Waals surface area contributed by atoms with Crippen molar-refractivity contribution < 1.29 is 4.42 Å². The molecule has 2 aromatic heterocycles. The van der Waals surface area contributed by atoms with Gasteiger partial charge >= 0.3 is 0 Å². The van der Waals surface area contributed by atoms with Crippen LogP contribution in [0.4, 0.5) is 0 Å². The van der Waals surface area contributed by atoms with Gasteiger partial charge in [-0.2, -0.15) is 0 Å². The van der Waals surface area contributed by atoms with E-state index in [4.69, 9.17) is 4.42 Å². The number of aryl methyl sites for hydroxylation is 1. The Morgan fingerprint density at radius 1 is 1.44 bits per heavy atom. The summed E-state index contributed by atoms with van der Waals surface area (Å²) in [5.41, 5.74) is 2.36. The molecule has 0 spiro atoms. The van der Waals surface area contributed by atoms with Crippen LogP contribution in [0.15, 0.2) is 39.7 Å². The highest BCUT2D eigenvalue weighted by atomic mass is 79.9. The maximum atomic E-state index is 5.60. The van der Waals surface area contributed by atoms with Gasteiger partial charge in [-0.1, -0.05) is 6.92 Å². The van der Waals surface area contributed by atoms with Crippen LogP contribution in [0, 0.1) is 6.92 Å². The van der Waals surface area contributed by atoms with Crippen LogP contribution in [0.1, 0.15) is 36.3 Å². The highest BCUT2D eigenvalue weighted by molar-refractivity contribution is 9.10. The van der Waals surface area contributed by atoms with Crippen LogP contribution in [-0.4, -0.2) is 11.5 Å². The third-order valence-electron chi connectivity index (χ3n) is 2.88. The van der Waals surface area contributed by atoms with Gasteiger partial charge in [0.25, 0.3) is 0 Å². The van der Waals surface area contributed by atoms with Crippen molar-refractivity contribution in [3.8, 4) is 0 Å². The summed E-state index contributed by atoms with van der Waals surface area (Å²) < 4.78 is 6.60. The summed E-state index contributed by atoms with van der Waals surface area (Å²) in [5, 5.41) is 3.52. The van der Waals surface area contributed by atoms with Crippen LogP contribution < -0.4 is 5.32 Å². The molecule has 0 saturated carbocycles. The largest absolute Gasteiger partial charge is 0.466 e. The van der Waals surface area contributed by atoms with Gasteiger partial charge < -0.3 is 9.73 Å². The molecule has 0 fully saturated rings. The van der Waals surface area contributed by atoms with E-state index in [1.165, 1.54) is 5.56 Å². The lowest BCUT2D eigenvalue weighted by atomic mass is 10.0. The van der Waals surface area contributed by atoms with Crippen molar-refractivity contribution in [3.63, 3.8) is 0 Å². The molecular weight excluding hydrogens is 292 g/mol. The van der Waals surface area contributed by atoms with Crippen molar-refractivity contribution in [1.82, 2.24) is 10.3 Å². The van der Waals surface area contributed by atoms with E-state index >= 15 is 0 Å². The molecule has 2 rings (SSSR count). The van der Waals surface area contributed by atoms with Gasteiger partial charge in [0.15, 0.2) is 0 Å². The Balaban J connectivity index is 2.37. The molecular formula is C14H17BrN2O. The Hall–Kier alpha value is -1.13. The molecule has 2 aromatic rings. The minimum absolute atomic E-state index is 0.0670. The summed E-state index contributed by atoms with van der Waals surface area (Å²) in [5.74, 6) is 0.915. The van der Waals surface area contributed by atoms with Gasteiger partial charge in [0.2, 0.25) is 0 Å². The SMILES string of the molecule is CCCNC(c1ccncc1C)c1occc1Br. The number of nitrogens with zero attached hydrogens (tertiary/aromatic N) is 1. The molecule has 0 aliphatic carbocycles. The molecule has 0 amide bonds. The quantitative estimate of drug-likeness (QED) is 0.912. The van der Waals surface area contributed by atoms with Gasteiger partial charge in [-0.15, -0.1) is 0 Å². The monoisotopic (exact) mass is 308 g/mol. The minimum atomic E-state index is 0.0670. The maximum absolute atomic E-state index is 5.60. The van der Waals surface area contributed by atoms with E-state index in [1.54, 1.807) is 6.26 Å². The normalized spacial score (nSPS) is 12.6. The number of hydrogen-bond donors (Lipinski definition) is 1. The Morgan fingerprint density at radius 2 is 2.28 bits per heavy atom. The Bertz CT molecular complexity index is 510. The first-order valence-corrected chi connectivity index (χ1v) is 6.90. The summed E-state index contributed by atoms with van der Waals surface area (Å²) >= 11 is 3.53. The summed E-state index contributed by atoms with van der Waals surface area (Å²) in [6, 6.07) is 4.03. The van der Waals surface area contributed by atoms with Gasteiger partial charge in [-0.05, 0) is 59.1 Å². The fraction of sp³-hybridized carbons (Fsp3) is 0.357. The van der Waals surface area contributed by atoms with Crippen molar-refractivity contribution in [2.45, 2.75) is 26.3 Å². The standard InChI is InChI=1S/C14H17BrN2O/c1-3-6-17-13(14-12(15)5-8-18-14)11-4-7-16-9-10(11)2/h4-5,7-9,13,17H,3,6H2,1-2H3. The number of nitrogens with one attached hydrogen (secondary N) is 1. The van der Waals surface area contributed by atoms with Gasteiger partial charge in [-0.3, -0.25) is 4.98 Å². The summed E-state index contributed by atoms with van der Waals surface area (Å²) in [6.45, 7) is 5.17. The number of hydrogen-bond acceptors (Lipinski definition) is 3. The van der Waals surface area contributed by atoms with Crippen molar-refractivity contribution in [3.05, 3.63) is 52.1 Å². The second-order valence-electron chi connectivity index (χ2n) is 4.25. The molecule has 18 heavy (non-hydrogen) atoms. The molecule has 1 unspecified atom stereocenters. The van der Waals surface area contributed by atoms with Crippen LogP contribution in [0.3, 0.4) is 0 Å². The third-order valence-corrected chi connectivity index (χ3v) is 3.54. The zero-order valence-corrected chi connectivity index (χ0v) is 12.2. The van der Waals surface area contributed by atoms with Crippen LogP contribution >= 0.6 is 15.9 Å². The predicted octanol–water partition coefficient (Wildman–Crippen LogP) is 3.83. The number of aromatic nitrogens is 1. The molecule has 2 heterocycles. The summed E-state index contributed by atoms with van der Waals surface area (Å²) in [4.78, 5) is 4.14. The average molecular weight is 309 g/mol. The molecule has 0 saturated heterocycles. The summed E-state index contributed by atoms with van der Waals surface area (Å²) in [7, 11) is 0. The lowest BCUT2D eigenvalue weighted by Crippen LogP contribution is -2.23. The second kappa shape index (κ2) is 6.16. The average Bonchev–Trinajstić information content (AvgIpc) is 2.78. The highest BCUT2D eigenvalue weighted by Crippen LogP contribution is 2.30. The molecule has 1 atom stereocenters. The van der Waals surface area contributed by atoms with Crippen molar-refractivity contribution in [1.29, 1.82) is 0 Å². The summed E-state index contributed by atoms with van der Waals surface area (Å²) in [6.07, 6.45) is 6.49. The van der Waals surface area contributed by atoms with E-state index in [0.717, 1.165) is 28.8 Å². The Labute approximate surface area is 116 Å². The zero-order valence-electron chi connectivity index (χ0n) is 10.6. The molecule has 0 aromatic carbocycles. The predicted molar refractivity (Wildman–Crippen MR) is 75.5 cm³/mol. The lowest BCUT2D eigenvalue weighted by Gasteiger charge is -2.19. The van der Waals surface area contributed by atoms with Crippen molar-refractivity contribution in [2.75, 3.05) is 6.54 Å². The van der Waals surface area contributed by atoms with Gasteiger partial charge in [0, 0.05) is 12.4 Å². The van der Waals surface area contributed by atoms with Gasteiger partial charge in [-0.25, -0.2) is 0 Å². The molecule has 0 aliphatic rings. The van der Waals surface area contributed by atoms with Crippen LogP contribution in [0.2, 0.25) is 0 Å². The Morgan fingerprint density at radius 3 is 2.89 bits per heavy atom. The van der Waals surface area contributed by atoms with Gasteiger partial charge in [0.05, 0.1) is 16.8 Å². The first-order chi connectivity index (χ1) is 8.74. The van der Waals surface area contributed by atoms with Crippen LogP contribution in [-0.2, 0) is 0 Å². The highest BCUT2D eigenvalue weighted by Gasteiger charge is 2.20. The van der Waals surface area contributed by atoms with E-state index in [0.29, 0.717) is 0 Å². The number of rotatable bonds is 5. The fourth-order valence-corrected chi connectivity index (χ4v) is 2.38. The van der Waals surface area contributed by atoms with Crippen LogP contribution in [0.5, 0.6) is 0 Å². The minimum Gasteiger partial charge on any atom is -0.466 e. The molecule has 0 bridgehead atoms. The number of pyridine rings is 1. The molecule has 3 nitrogen and oxygen atoms in total.